The number of amides is 1. The lowest BCUT2D eigenvalue weighted by atomic mass is 9.76. The summed E-state index contributed by atoms with van der Waals surface area (Å²) in [5.74, 6) is -1.10. The van der Waals surface area contributed by atoms with Crippen LogP contribution in [0.3, 0.4) is 0 Å². The molecule has 1 fully saturated rings. The maximum atomic E-state index is 13.1. The predicted molar refractivity (Wildman–Crippen MR) is 109 cm³/mol. The van der Waals surface area contributed by atoms with Crippen molar-refractivity contribution in [2.75, 3.05) is 37.7 Å². The van der Waals surface area contributed by atoms with Gasteiger partial charge in [0.25, 0.3) is 0 Å². The molecule has 1 aromatic carbocycles. The number of benzene rings is 1. The third-order valence-electron chi connectivity index (χ3n) is 6.00. The molecule has 0 radical (unpaired) electrons. The maximum Gasteiger partial charge on any atom is 0.307 e. The lowest BCUT2D eigenvalue weighted by molar-refractivity contribution is -0.151. The largest absolute Gasteiger partial charge is 0.492 e. The summed E-state index contributed by atoms with van der Waals surface area (Å²) in [5.41, 5.74) is 3.31. The van der Waals surface area contributed by atoms with E-state index in [0.717, 1.165) is 22.6 Å². The summed E-state index contributed by atoms with van der Waals surface area (Å²) in [6, 6.07) is 7.96. The van der Waals surface area contributed by atoms with Gasteiger partial charge in [0.1, 0.15) is 5.75 Å². The quantitative estimate of drug-likeness (QED) is 0.787. The number of carbonyl (C=O) groups is 2. The molecule has 2 aliphatic rings. The fourth-order valence-corrected chi connectivity index (χ4v) is 4.21. The van der Waals surface area contributed by atoms with E-state index < -0.39 is 17.8 Å². The first kappa shape index (κ1) is 20.2. The van der Waals surface area contributed by atoms with Crippen LogP contribution in [0.4, 0.5) is 5.69 Å². The molecular formula is C22H30N2O4. The normalized spacial score (nSPS) is 23.0. The van der Waals surface area contributed by atoms with Gasteiger partial charge in [-0.05, 0) is 45.7 Å². The van der Waals surface area contributed by atoms with E-state index in [0.29, 0.717) is 45.6 Å². The molecule has 1 aromatic rings. The van der Waals surface area contributed by atoms with Gasteiger partial charge in [0, 0.05) is 26.2 Å². The number of carboxylic acid groups (broad SMARTS) is 1. The minimum absolute atomic E-state index is 0.0167. The van der Waals surface area contributed by atoms with E-state index in [1.807, 2.05) is 49.9 Å². The zero-order valence-corrected chi connectivity index (χ0v) is 17.0. The molecule has 1 aliphatic carbocycles. The van der Waals surface area contributed by atoms with E-state index >= 15 is 0 Å². The molecule has 1 heterocycles. The van der Waals surface area contributed by atoms with Crippen molar-refractivity contribution in [1.29, 1.82) is 0 Å². The van der Waals surface area contributed by atoms with Crippen LogP contribution in [0.15, 0.2) is 35.4 Å². The van der Waals surface area contributed by atoms with Crippen LogP contribution in [-0.4, -0.2) is 54.7 Å². The van der Waals surface area contributed by atoms with Gasteiger partial charge in [-0.15, -0.1) is 0 Å². The summed E-state index contributed by atoms with van der Waals surface area (Å²) in [6.45, 7) is 9.20. The van der Waals surface area contributed by atoms with Crippen molar-refractivity contribution in [3.05, 3.63) is 35.4 Å². The number of piperazine rings is 1. The maximum absolute atomic E-state index is 13.1. The fraction of sp³-hybridized carbons (Fsp3) is 0.545. The van der Waals surface area contributed by atoms with Crippen LogP contribution in [0.2, 0.25) is 0 Å². The van der Waals surface area contributed by atoms with Crippen LogP contribution in [0.1, 0.15) is 33.6 Å². The van der Waals surface area contributed by atoms with Crippen molar-refractivity contribution in [3.63, 3.8) is 0 Å². The summed E-state index contributed by atoms with van der Waals surface area (Å²) in [6.07, 6.45) is 1.02. The van der Waals surface area contributed by atoms with Crippen LogP contribution in [0, 0.1) is 11.8 Å². The van der Waals surface area contributed by atoms with E-state index in [1.165, 1.54) is 0 Å². The lowest BCUT2D eigenvalue weighted by Crippen LogP contribution is -2.52. The molecule has 0 spiro atoms. The molecule has 6 nitrogen and oxygen atoms in total. The van der Waals surface area contributed by atoms with E-state index in [9.17, 15) is 14.7 Å². The first-order chi connectivity index (χ1) is 13.4. The van der Waals surface area contributed by atoms with E-state index in [2.05, 4.69) is 4.90 Å². The second kappa shape index (κ2) is 8.67. The molecule has 2 atom stereocenters. The Hall–Kier alpha value is -2.50. The molecule has 1 amide bonds. The Morgan fingerprint density at radius 1 is 1.04 bits per heavy atom. The van der Waals surface area contributed by atoms with Crippen molar-refractivity contribution >= 4 is 17.6 Å². The van der Waals surface area contributed by atoms with Crippen LogP contribution >= 0.6 is 0 Å². The molecule has 6 heteroatoms. The van der Waals surface area contributed by atoms with Crippen molar-refractivity contribution < 1.29 is 19.4 Å². The number of hydrogen-bond acceptors (Lipinski definition) is 4. The number of anilines is 1. The molecule has 0 unspecified atom stereocenters. The van der Waals surface area contributed by atoms with Crippen molar-refractivity contribution in [2.24, 2.45) is 11.8 Å². The molecule has 0 aromatic heterocycles. The van der Waals surface area contributed by atoms with Crippen LogP contribution in [0.25, 0.3) is 0 Å². The van der Waals surface area contributed by atoms with E-state index in [1.54, 1.807) is 0 Å². The molecule has 3 rings (SSSR count). The molecule has 0 saturated carbocycles. The number of rotatable bonds is 5. The molecule has 1 N–H and O–H groups in total. The Morgan fingerprint density at radius 2 is 1.64 bits per heavy atom. The lowest BCUT2D eigenvalue weighted by Gasteiger charge is -2.40. The van der Waals surface area contributed by atoms with Gasteiger partial charge >= 0.3 is 5.97 Å². The van der Waals surface area contributed by atoms with Gasteiger partial charge in [-0.3, -0.25) is 9.59 Å². The fourth-order valence-electron chi connectivity index (χ4n) is 4.21. The summed E-state index contributed by atoms with van der Waals surface area (Å²) in [4.78, 5) is 28.9. The van der Waals surface area contributed by atoms with Crippen LogP contribution in [0.5, 0.6) is 5.75 Å². The topological polar surface area (TPSA) is 70.1 Å². The number of carbonyl (C=O) groups excluding carboxylic acids is 1. The monoisotopic (exact) mass is 386 g/mol. The highest BCUT2D eigenvalue weighted by Gasteiger charge is 2.39. The van der Waals surface area contributed by atoms with E-state index in [4.69, 9.17) is 4.74 Å². The van der Waals surface area contributed by atoms with Crippen molar-refractivity contribution in [1.82, 2.24) is 4.90 Å². The SMILES string of the molecule is CCOc1ccccc1N1CCN(C(=O)[C@H]2CC(C)=C(C)C[C@@H]2C(=O)O)CC1. The summed E-state index contributed by atoms with van der Waals surface area (Å²) in [5, 5.41) is 9.62. The minimum atomic E-state index is -0.866. The third-order valence-corrected chi connectivity index (χ3v) is 6.00. The second-order valence-corrected chi connectivity index (χ2v) is 7.73. The molecular weight excluding hydrogens is 356 g/mol. The number of hydrogen-bond donors (Lipinski definition) is 1. The highest BCUT2D eigenvalue weighted by Crippen LogP contribution is 2.36. The highest BCUT2D eigenvalue weighted by molar-refractivity contribution is 5.86. The van der Waals surface area contributed by atoms with Crippen LogP contribution in [-0.2, 0) is 9.59 Å². The summed E-state index contributed by atoms with van der Waals surface area (Å²) in [7, 11) is 0. The number of aliphatic carboxylic acids is 1. The second-order valence-electron chi connectivity index (χ2n) is 7.73. The van der Waals surface area contributed by atoms with Crippen molar-refractivity contribution in [2.45, 2.75) is 33.6 Å². The molecule has 1 saturated heterocycles. The number of carboxylic acids is 1. The Bertz CT molecular complexity index is 766. The number of para-hydroxylation sites is 2. The molecule has 1 aliphatic heterocycles. The van der Waals surface area contributed by atoms with Gasteiger partial charge in [0.15, 0.2) is 0 Å². The molecule has 28 heavy (non-hydrogen) atoms. The first-order valence-electron chi connectivity index (χ1n) is 10.1. The highest BCUT2D eigenvalue weighted by atomic mass is 16.5. The van der Waals surface area contributed by atoms with Gasteiger partial charge < -0.3 is 19.6 Å². The van der Waals surface area contributed by atoms with E-state index in [-0.39, 0.29) is 5.91 Å². The summed E-state index contributed by atoms with van der Waals surface area (Å²) >= 11 is 0. The number of allylic oxidation sites excluding steroid dienone is 2. The molecule has 0 bridgehead atoms. The van der Waals surface area contributed by atoms with Crippen molar-refractivity contribution in [3.8, 4) is 5.75 Å². The standard InChI is InChI=1S/C22H30N2O4/c1-4-28-20-8-6-5-7-19(20)23-9-11-24(12-10-23)21(25)17-13-15(2)16(3)14-18(17)22(26)27/h5-8,17-18H,4,9-14H2,1-3H3,(H,26,27)/t17-,18-/m0/s1. The number of ether oxygens (including phenoxy) is 1. The third kappa shape index (κ3) is 4.16. The van der Waals surface area contributed by atoms with Gasteiger partial charge in [0.05, 0.1) is 24.1 Å². The summed E-state index contributed by atoms with van der Waals surface area (Å²) < 4.78 is 5.73. The zero-order valence-electron chi connectivity index (χ0n) is 17.0. The van der Waals surface area contributed by atoms with Gasteiger partial charge in [-0.2, -0.15) is 0 Å². The smallest absolute Gasteiger partial charge is 0.307 e. The Kier molecular flexibility index (Phi) is 6.27. The Morgan fingerprint density at radius 3 is 2.25 bits per heavy atom. The van der Waals surface area contributed by atoms with Gasteiger partial charge in [-0.25, -0.2) is 0 Å². The molecule has 152 valence electrons. The Labute approximate surface area is 166 Å². The van der Waals surface area contributed by atoms with Gasteiger partial charge in [0.2, 0.25) is 5.91 Å². The predicted octanol–water partition coefficient (Wildman–Crippen LogP) is 3.18. The average Bonchev–Trinajstić information content (AvgIpc) is 2.70. The van der Waals surface area contributed by atoms with Crippen LogP contribution < -0.4 is 9.64 Å². The Balaban J connectivity index is 1.68. The minimum Gasteiger partial charge on any atom is -0.492 e. The first-order valence-corrected chi connectivity index (χ1v) is 10.1. The average molecular weight is 386 g/mol. The zero-order chi connectivity index (χ0) is 20.3. The number of nitrogens with zero attached hydrogens (tertiary/aromatic N) is 2. The van der Waals surface area contributed by atoms with Gasteiger partial charge in [-0.1, -0.05) is 23.3 Å².